The van der Waals surface area contributed by atoms with Gasteiger partial charge in [0, 0.05) is 0 Å². The summed E-state index contributed by atoms with van der Waals surface area (Å²) in [6.45, 7) is 6.49. The zero-order valence-corrected chi connectivity index (χ0v) is 15.4. The van der Waals surface area contributed by atoms with Crippen molar-refractivity contribution in [3.8, 4) is 0 Å². The monoisotopic (exact) mass is 355 g/mol. The number of nitrogens with one attached hydrogen (secondary N) is 2. The van der Waals surface area contributed by atoms with Gasteiger partial charge in [-0.3, -0.25) is 14.4 Å². The van der Waals surface area contributed by atoms with Gasteiger partial charge < -0.3 is 21.1 Å². The Hall–Kier alpha value is -2.12. The van der Waals surface area contributed by atoms with Gasteiger partial charge >= 0.3 is 6.09 Å². The summed E-state index contributed by atoms with van der Waals surface area (Å²) in [4.78, 5) is 47.8. The highest BCUT2D eigenvalue weighted by Gasteiger charge is 2.43. The van der Waals surface area contributed by atoms with E-state index in [2.05, 4.69) is 10.6 Å². The largest absolute Gasteiger partial charge is 0.444 e. The van der Waals surface area contributed by atoms with E-state index in [1.54, 1.807) is 20.8 Å². The maximum absolute atomic E-state index is 12.8. The highest BCUT2D eigenvalue weighted by Crippen LogP contribution is 2.29. The quantitative estimate of drug-likeness (QED) is 0.659. The number of alkyl carbamates (subject to hydrolysis) is 1. The molecule has 1 atom stereocenters. The number of rotatable bonds is 6. The Balaban J connectivity index is 2.92. The molecule has 1 saturated carbocycles. The Morgan fingerprint density at radius 3 is 2.12 bits per heavy atom. The molecular formula is C17H29N3O5. The summed E-state index contributed by atoms with van der Waals surface area (Å²) in [5, 5.41) is 5.25. The molecule has 142 valence electrons. The van der Waals surface area contributed by atoms with Crippen LogP contribution < -0.4 is 16.4 Å². The number of carbonyl (C=O) groups is 4. The topological polar surface area (TPSA) is 128 Å². The van der Waals surface area contributed by atoms with Crippen molar-refractivity contribution in [1.29, 1.82) is 0 Å². The summed E-state index contributed by atoms with van der Waals surface area (Å²) < 4.78 is 5.26. The second-order valence-electron chi connectivity index (χ2n) is 7.58. The van der Waals surface area contributed by atoms with E-state index in [-0.39, 0.29) is 12.2 Å². The lowest BCUT2D eigenvalue weighted by Crippen LogP contribution is -2.62. The maximum atomic E-state index is 12.8. The molecule has 1 rings (SSSR count). The zero-order valence-electron chi connectivity index (χ0n) is 15.4. The summed E-state index contributed by atoms with van der Waals surface area (Å²) in [5.74, 6) is -1.53. The molecule has 0 aromatic rings. The van der Waals surface area contributed by atoms with Gasteiger partial charge in [0.15, 0.2) is 5.78 Å². The van der Waals surface area contributed by atoms with Crippen molar-refractivity contribution in [3.63, 3.8) is 0 Å². The van der Waals surface area contributed by atoms with Crippen LogP contribution in [0.3, 0.4) is 0 Å². The number of carbonyl (C=O) groups excluding carboxylic acids is 4. The van der Waals surface area contributed by atoms with E-state index in [1.165, 1.54) is 6.92 Å². The molecule has 1 aliphatic carbocycles. The van der Waals surface area contributed by atoms with E-state index in [9.17, 15) is 19.2 Å². The van der Waals surface area contributed by atoms with Crippen LogP contribution in [-0.4, -0.2) is 40.9 Å². The molecule has 4 N–H and O–H groups in total. The average Bonchev–Trinajstić information content (AvgIpc) is 2.44. The Morgan fingerprint density at radius 1 is 1.12 bits per heavy atom. The van der Waals surface area contributed by atoms with Gasteiger partial charge in [-0.05, 0) is 40.5 Å². The molecule has 1 fully saturated rings. The number of ether oxygens (including phenoxy) is 1. The van der Waals surface area contributed by atoms with E-state index in [4.69, 9.17) is 10.5 Å². The lowest BCUT2D eigenvalue weighted by Gasteiger charge is -2.37. The first-order valence-electron chi connectivity index (χ1n) is 8.56. The van der Waals surface area contributed by atoms with Crippen molar-refractivity contribution in [2.24, 2.45) is 5.73 Å². The van der Waals surface area contributed by atoms with Crippen LogP contribution in [0.25, 0.3) is 0 Å². The minimum atomic E-state index is -1.15. The van der Waals surface area contributed by atoms with E-state index < -0.39 is 35.1 Å². The molecule has 0 radical (unpaired) electrons. The third kappa shape index (κ3) is 6.72. The summed E-state index contributed by atoms with van der Waals surface area (Å²) in [7, 11) is 0. The fourth-order valence-corrected chi connectivity index (χ4v) is 2.86. The van der Waals surface area contributed by atoms with E-state index in [0.29, 0.717) is 12.8 Å². The van der Waals surface area contributed by atoms with E-state index >= 15 is 0 Å². The highest BCUT2D eigenvalue weighted by molar-refractivity contribution is 5.96. The molecule has 0 aromatic carbocycles. The number of primary amides is 1. The van der Waals surface area contributed by atoms with E-state index in [1.807, 2.05) is 0 Å². The number of amides is 3. The first-order valence-corrected chi connectivity index (χ1v) is 8.56. The summed E-state index contributed by atoms with van der Waals surface area (Å²) in [6, 6.07) is -0.996. The second kappa shape index (κ2) is 8.31. The average molecular weight is 355 g/mol. The Labute approximate surface area is 148 Å². The molecule has 8 nitrogen and oxygen atoms in total. The first-order chi connectivity index (χ1) is 11.4. The van der Waals surface area contributed by atoms with Gasteiger partial charge in [-0.25, -0.2) is 4.79 Å². The minimum absolute atomic E-state index is 0.274. The Bertz CT molecular complexity index is 533. The molecule has 8 heteroatoms. The van der Waals surface area contributed by atoms with Gasteiger partial charge in [0.2, 0.25) is 11.8 Å². The first kappa shape index (κ1) is 20.9. The third-order valence-electron chi connectivity index (χ3n) is 4.08. The number of ketones is 1. The number of Topliss-reactive ketones (excluding diaryl/α,β-unsaturated/α-hetero) is 1. The Kier molecular flexibility index (Phi) is 6.96. The molecule has 25 heavy (non-hydrogen) atoms. The van der Waals surface area contributed by atoms with Gasteiger partial charge in [0.25, 0.3) is 0 Å². The van der Waals surface area contributed by atoms with Crippen molar-refractivity contribution in [3.05, 3.63) is 0 Å². The molecule has 3 amide bonds. The highest BCUT2D eigenvalue weighted by atomic mass is 16.6. The van der Waals surface area contributed by atoms with Crippen molar-refractivity contribution in [1.82, 2.24) is 10.6 Å². The van der Waals surface area contributed by atoms with Crippen LogP contribution in [0.4, 0.5) is 4.79 Å². The zero-order chi connectivity index (χ0) is 19.3. The maximum Gasteiger partial charge on any atom is 0.408 e. The SMILES string of the molecule is CC(=O)[C@H](CC(N)=O)NC(=O)C1(NC(=O)OC(C)(C)C)CCCCC1. The van der Waals surface area contributed by atoms with Gasteiger partial charge in [-0.1, -0.05) is 19.3 Å². The molecule has 0 unspecified atom stereocenters. The van der Waals surface area contributed by atoms with Crippen LogP contribution in [0.1, 0.15) is 66.2 Å². The molecule has 0 spiro atoms. The van der Waals surface area contributed by atoms with Crippen LogP contribution in [-0.2, 0) is 19.1 Å². The number of hydrogen-bond acceptors (Lipinski definition) is 5. The van der Waals surface area contributed by atoms with Crippen molar-refractivity contribution in [2.75, 3.05) is 0 Å². The minimum Gasteiger partial charge on any atom is -0.444 e. The molecule has 0 aromatic heterocycles. The molecule has 0 saturated heterocycles. The molecule has 0 aliphatic heterocycles. The van der Waals surface area contributed by atoms with Gasteiger partial charge in [0.1, 0.15) is 11.1 Å². The van der Waals surface area contributed by atoms with E-state index in [0.717, 1.165) is 19.3 Å². The van der Waals surface area contributed by atoms with Crippen LogP contribution in [0.2, 0.25) is 0 Å². The second-order valence-corrected chi connectivity index (χ2v) is 7.58. The summed E-state index contributed by atoms with van der Waals surface area (Å²) >= 11 is 0. The Morgan fingerprint density at radius 2 is 1.68 bits per heavy atom. The van der Waals surface area contributed by atoms with Crippen molar-refractivity contribution >= 4 is 23.7 Å². The number of hydrogen-bond donors (Lipinski definition) is 3. The van der Waals surface area contributed by atoms with Crippen molar-refractivity contribution < 1.29 is 23.9 Å². The molecule has 0 heterocycles. The molecule has 1 aliphatic rings. The predicted molar refractivity (Wildman–Crippen MR) is 91.6 cm³/mol. The lowest BCUT2D eigenvalue weighted by molar-refractivity contribution is -0.133. The lowest BCUT2D eigenvalue weighted by atomic mass is 9.80. The van der Waals surface area contributed by atoms with Crippen molar-refractivity contribution in [2.45, 2.75) is 83.4 Å². The fraction of sp³-hybridized carbons (Fsp3) is 0.765. The van der Waals surface area contributed by atoms with Crippen LogP contribution >= 0.6 is 0 Å². The standard InChI is InChI=1S/C17H29N3O5/c1-11(21)12(10-13(18)22)19-14(23)17(8-6-5-7-9-17)20-15(24)25-16(2,3)4/h12H,5-10H2,1-4H3,(H2,18,22)(H,19,23)(H,20,24)/t12-/m0/s1. The molecule has 0 bridgehead atoms. The smallest absolute Gasteiger partial charge is 0.408 e. The molecular weight excluding hydrogens is 326 g/mol. The van der Waals surface area contributed by atoms with Crippen LogP contribution in [0.15, 0.2) is 0 Å². The summed E-state index contributed by atoms with van der Waals surface area (Å²) in [5.41, 5.74) is 3.30. The fourth-order valence-electron chi connectivity index (χ4n) is 2.86. The predicted octanol–water partition coefficient (Wildman–Crippen LogP) is 1.16. The number of nitrogens with two attached hydrogens (primary N) is 1. The van der Waals surface area contributed by atoms with Gasteiger partial charge in [-0.15, -0.1) is 0 Å². The third-order valence-corrected chi connectivity index (χ3v) is 4.08. The summed E-state index contributed by atoms with van der Waals surface area (Å²) in [6.07, 6.45) is 2.43. The van der Waals surface area contributed by atoms with Crippen LogP contribution in [0.5, 0.6) is 0 Å². The normalized spacial score (nSPS) is 17.9. The van der Waals surface area contributed by atoms with Crippen LogP contribution in [0, 0.1) is 0 Å². The van der Waals surface area contributed by atoms with Gasteiger partial charge in [0.05, 0.1) is 12.5 Å². The van der Waals surface area contributed by atoms with Gasteiger partial charge in [-0.2, -0.15) is 0 Å².